The lowest BCUT2D eigenvalue weighted by Gasteiger charge is -2.09. The molecule has 0 radical (unpaired) electrons. The molecular weight excluding hydrogens is 272 g/mol. The van der Waals surface area contributed by atoms with Gasteiger partial charge >= 0.3 is 0 Å². The highest BCUT2D eigenvalue weighted by atomic mass is 79.9. The fraction of sp³-hybridized carbons (Fsp3) is 0.125. The van der Waals surface area contributed by atoms with Crippen molar-refractivity contribution in [1.29, 1.82) is 0 Å². The van der Waals surface area contributed by atoms with Crippen molar-refractivity contribution < 1.29 is 0 Å². The molecule has 84 valence electrons. The van der Waals surface area contributed by atoms with Crippen molar-refractivity contribution in [2.45, 2.75) is 13.8 Å². The Hall–Kier alpha value is -1.34. The third-order valence-electron chi connectivity index (χ3n) is 3.26. The van der Waals surface area contributed by atoms with Gasteiger partial charge in [-0.3, -0.25) is 0 Å². The van der Waals surface area contributed by atoms with Crippen molar-refractivity contribution in [3.05, 3.63) is 58.1 Å². The number of aryl methyl sites for hydroxylation is 2. The molecule has 3 aromatic carbocycles. The first-order valence-corrected chi connectivity index (χ1v) is 6.54. The van der Waals surface area contributed by atoms with Crippen LogP contribution >= 0.6 is 15.9 Å². The van der Waals surface area contributed by atoms with E-state index >= 15 is 0 Å². The summed E-state index contributed by atoms with van der Waals surface area (Å²) in [5.74, 6) is 0. The van der Waals surface area contributed by atoms with Crippen LogP contribution in [0.1, 0.15) is 11.1 Å². The molecule has 0 aliphatic rings. The lowest BCUT2D eigenvalue weighted by atomic mass is 9.96. The van der Waals surface area contributed by atoms with Crippen molar-refractivity contribution in [2.24, 2.45) is 0 Å². The number of fused-ring (bicyclic) bond motifs is 3. The SMILES string of the molecule is Cc1cc(C)c2c(ccc3c(Br)cccc32)c1. The fourth-order valence-electron chi connectivity index (χ4n) is 2.60. The second-order valence-electron chi connectivity index (χ2n) is 4.58. The third kappa shape index (κ3) is 1.66. The van der Waals surface area contributed by atoms with Gasteiger partial charge in [0.15, 0.2) is 0 Å². The summed E-state index contributed by atoms with van der Waals surface area (Å²) < 4.78 is 1.16. The van der Waals surface area contributed by atoms with Crippen LogP contribution in [0.25, 0.3) is 21.5 Å². The van der Waals surface area contributed by atoms with E-state index in [1.807, 2.05) is 0 Å². The molecule has 0 N–H and O–H groups in total. The number of hydrogen-bond donors (Lipinski definition) is 0. The first kappa shape index (κ1) is 10.8. The topological polar surface area (TPSA) is 0 Å². The van der Waals surface area contributed by atoms with E-state index in [-0.39, 0.29) is 0 Å². The summed E-state index contributed by atoms with van der Waals surface area (Å²) in [5.41, 5.74) is 2.67. The maximum Gasteiger partial charge on any atom is 0.0253 e. The summed E-state index contributed by atoms with van der Waals surface area (Å²) in [5, 5.41) is 5.31. The molecule has 0 saturated heterocycles. The van der Waals surface area contributed by atoms with Crippen molar-refractivity contribution in [1.82, 2.24) is 0 Å². The van der Waals surface area contributed by atoms with Gasteiger partial charge in [-0.15, -0.1) is 0 Å². The van der Waals surface area contributed by atoms with Crippen molar-refractivity contribution in [3.8, 4) is 0 Å². The highest BCUT2D eigenvalue weighted by molar-refractivity contribution is 9.10. The van der Waals surface area contributed by atoms with Crippen LogP contribution in [0, 0.1) is 13.8 Å². The minimum Gasteiger partial charge on any atom is -0.0605 e. The van der Waals surface area contributed by atoms with Crippen LogP contribution < -0.4 is 0 Å². The van der Waals surface area contributed by atoms with Crippen LogP contribution in [-0.2, 0) is 0 Å². The van der Waals surface area contributed by atoms with Gasteiger partial charge in [0.1, 0.15) is 0 Å². The van der Waals surface area contributed by atoms with Crippen LogP contribution in [0.3, 0.4) is 0 Å². The number of rotatable bonds is 0. The van der Waals surface area contributed by atoms with Gasteiger partial charge in [0.25, 0.3) is 0 Å². The molecule has 0 unspecified atom stereocenters. The Bertz CT molecular complexity index is 726. The molecule has 1 heteroatoms. The van der Waals surface area contributed by atoms with Gasteiger partial charge in [-0.25, -0.2) is 0 Å². The lowest BCUT2D eigenvalue weighted by molar-refractivity contribution is 1.43. The van der Waals surface area contributed by atoms with E-state index in [1.165, 1.54) is 32.7 Å². The molecule has 0 fully saturated rings. The second-order valence-corrected chi connectivity index (χ2v) is 5.43. The Morgan fingerprint density at radius 3 is 2.53 bits per heavy atom. The maximum atomic E-state index is 3.62. The molecule has 0 bridgehead atoms. The molecule has 17 heavy (non-hydrogen) atoms. The van der Waals surface area contributed by atoms with Crippen molar-refractivity contribution >= 4 is 37.5 Å². The zero-order valence-corrected chi connectivity index (χ0v) is 11.5. The summed E-state index contributed by atoms with van der Waals surface area (Å²) in [6.45, 7) is 4.34. The van der Waals surface area contributed by atoms with Crippen LogP contribution in [-0.4, -0.2) is 0 Å². The molecule has 0 saturated carbocycles. The van der Waals surface area contributed by atoms with Gasteiger partial charge in [-0.1, -0.05) is 57.9 Å². The van der Waals surface area contributed by atoms with E-state index in [9.17, 15) is 0 Å². The molecule has 3 rings (SSSR count). The van der Waals surface area contributed by atoms with Crippen LogP contribution in [0.5, 0.6) is 0 Å². The predicted octanol–water partition coefficient (Wildman–Crippen LogP) is 5.37. The third-order valence-corrected chi connectivity index (χ3v) is 3.95. The molecule has 0 aliphatic heterocycles. The van der Waals surface area contributed by atoms with Gasteiger partial charge in [0, 0.05) is 4.47 Å². The molecule has 0 atom stereocenters. The van der Waals surface area contributed by atoms with Crippen molar-refractivity contribution in [3.63, 3.8) is 0 Å². The largest absolute Gasteiger partial charge is 0.0605 e. The Labute approximate surface area is 109 Å². The smallest absolute Gasteiger partial charge is 0.0253 e. The van der Waals surface area contributed by atoms with Gasteiger partial charge in [0.2, 0.25) is 0 Å². The standard InChI is InChI=1S/C16H13Br/c1-10-8-11(2)16-12(9-10)6-7-13-14(16)4-3-5-15(13)17/h3-9H,1-2H3. The highest BCUT2D eigenvalue weighted by Gasteiger charge is 2.05. The predicted molar refractivity (Wildman–Crippen MR) is 78.6 cm³/mol. The summed E-state index contributed by atoms with van der Waals surface area (Å²) in [4.78, 5) is 0. The van der Waals surface area contributed by atoms with Crippen LogP contribution in [0.15, 0.2) is 46.9 Å². The Balaban J connectivity index is 2.60. The Morgan fingerprint density at radius 2 is 1.71 bits per heavy atom. The average molecular weight is 285 g/mol. The number of hydrogen-bond acceptors (Lipinski definition) is 0. The summed E-state index contributed by atoms with van der Waals surface area (Å²) in [6, 6.07) is 15.3. The quantitative estimate of drug-likeness (QED) is 0.487. The van der Waals surface area contributed by atoms with Crippen LogP contribution in [0.4, 0.5) is 0 Å². The minimum atomic E-state index is 1.16. The Morgan fingerprint density at radius 1 is 0.882 bits per heavy atom. The number of benzene rings is 3. The first-order chi connectivity index (χ1) is 8.16. The van der Waals surface area contributed by atoms with Gasteiger partial charge < -0.3 is 0 Å². The Kier molecular flexibility index (Phi) is 2.44. The molecule has 0 heterocycles. The first-order valence-electron chi connectivity index (χ1n) is 5.75. The molecule has 0 spiro atoms. The lowest BCUT2D eigenvalue weighted by Crippen LogP contribution is -1.84. The van der Waals surface area contributed by atoms with E-state index < -0.39 is 0 Å². The summed E-state index contributed by atoms with van der Waals surface area (Å²) in [7, 11) is 0. The van der Waals surface area contributed by atoms with Gasteiger partial charge in [0.05, 0.1) is 0 Å². The second kappa shape index (κ2) is 3.85. The van der Waals surface area contributed by atoms with E-state index in [1.54, 1.807) is 0 Å². The molecule has 0 nitrogen and oxygen atoms in total. The monoisotopic (exact) mass is 284 g/mol. The van der Waals surface area contributed by atoms with E-state index in [0.29, 0.717) is 0 Å². The average Bonchev–Trinajstić information content (AvgIpc) is 2.28. The maximum absolute atomic E-state index is 3.62. The van der Waals surface area contributed by atoms with E-state index in [2.05, 4.69) is 72.2 Å². The van der Waals surface area contributed by atoms with E-state index in [4.69, 9.17) is 0 Å². The van der Waals surface area contributed by atoms with E-state index in [0.717, 1.165) is 4.47 Å². The van der Waals surface area contributed by atoms with Crippen molar-refractivity contribution in [2.75, 3.05) is 0 Å². The zero-order chi connectivity index (χ0) is 12.0. The van der Waals surface area contributed by atoms with Gasteiger partial charge in [-0.05, 0) is 47.0 Å². The summed E-state index contributed by atoms with van der Waals surface area (Å²) >= 11 is 3.62. The fourth-order valence-corrected chi connectivity index (χ4v) is 3.10. The minimum absolute atomic E-state index is 1.16. The molecule has 0 aromatic heterocycles. The molecular formula is C16H13Br. The van der Waals surface area contributed by atoms with Gasteiger partial charge in [-0.2, -0.15) is 0 Å². The normalized spacial score (nSPS) is 11.2. The van der Waals surface area contributed by atoms with Crippen LogP contribution in [0.2, 0.25) is 0 Å². The highest BCUT2D eigenvalue weighted by Crippen LogP contribution is 2.32. The molecule has 0 aliphatic carbocycles. The summed E-state index contributed by atoms with van der Waals surface area (Å²) in [6.07, 6.45) is 0. The molecule has 3 aromatic rings. The zero-order valence-electron chi connectivity index (χ0n) is 9.92. The number of halogens is 1. The molecule has 0 amide bonds.